The molecule has 2 heterocycles. The third-order valence-electron chi connectivity index (χ3n) is 4.59. The van der Waals surface area contributed by atoms with Crippen LogP contribution in [0.5, 0.6) is 0 Å². The van der Waals surface area contributed by atoms with Crippen molar-refractivity contribution in [3.63, 3.8) is 0 Å². The molecule has 0 spiro atoms. The highest BCUT2D eigenvalue weighted by Gasteiger charge is 2.38. The Morgan fingerprint density at radius 1 is 1.17 bits per heavy atom. The van der Waals surface area contributed by atoms with Crippen LogP contribution in [-0.2, 0) is 9.53 Å². The molecule has 0 unspecified atom stereocenters. The van der Waals surface area contributed by atoms with Gasteiger partial charge in [-0.3, -0.25) is 14.9 Å². The summed E-state index contributed by atoms with van der Waals surface area (Å²) < 4.78 is 6.21. The lowest BCUT2D eigenvalue weighted by atomic mass is 9.89. The first kappa shape index (κ1) is 18.9. The molecular weight excluding hydrogens is 392 g/mol. The number of non-ortho nitro benzene ring substituents is 1. The number of ether oxygens (including phenoxy) is 1. The molecule has 0 fully saturated rings. The number of hydrogen-bond acceptors (Lipinski definition) is 9. The van der Waals surface area contributed by atoms with Gasteiger partial charge < -0.3 is 10.1 Å². The van der Waals surface area contributed by atoms with Gasteiger partial charge in [0.05, 0.1) is 17.6 Å². The zero-order valence-electron chi connectivity index (χ0n) is 15.6. The monoisotopic (exact) mass is 406 g/mol. The normalized spacial score (nSPS) is 15.2. The highest BCUT2D eigenvalue weighted by molar-refractivity contribution is 6.15. The Labute approximate surface area is 169 Å². The Kier molecular flexibility index (Phi) is 4.76. The molecule has 4 rings (SSSR count). The lowest BCUT2D eigenvalue weighted by Gasteiger charge is -2.28. The first-order valence-corrected chi connectivity index (χ1v) is 8.72. The maximum Gasteiger partial charge on any atom is 0.355 e. The summed E-state index contributed by atoms with van der Waals surface area (Å²) in [6.07, 6.45) is 0. The van der Waals surface area contributed by atoms with Crippen LogP contribution in [0.25, 0.3) is 0 Å². The van der Waals surface area contributed by atoms with Gasteiger partial charge in [0, 0.05) is 17.7 Å². The van der Waals surface area contributed by atoms with E-state index in [1.165, 1.54) is 30.0 Å². The number of Topliss-reactive ketones (excluding diaryl/α,β-unsaturated/α-hetero) is 1. The molecule has 1 N–H and O–H groups in total. The molecule has 1 aromatic heterocycles. The minimum absolute atomic E-state index is 0.00773. The number of benzene rings is 2. The second-order valence-electron chi connectivity index (χ2n) is 6.30. The SMILES string of the molecule is COC(=O)C1=C(C(=O)c2cccc([N+](=O)[O-])c2)[C@H](c2ccccc2)n2nnnc2N1. The molecule has 150 valence electrons. The molecule has 2 aromatic carbocycles. The van der Waals surface area contributed by atoms with Gasteiger partial charge in [0.25, 0.3) is 5.69 Å². The number of rotatable bonds is 5. The van der Waals surface area contributed by atoms with Crippen molar-refractivity contribution in [2.45, 2.75) is 6.04 Å². The van der Waals surface area contributed by atoms with Gasteiger partial charge in [0.2, 0.25) is 5.95 Å². The van der Waals surface area contributed by atoms with Gasteiger partial charge in [-0.25, -0.2) is 4.79 Å². The maximum absolute atomic E-state index is 13.5. The molecule has 3 aromatic rings. The Morgan fingerprint density at radius 2 is 1.93 bits per heavy atom. The minimum Gasteiger partial charge on any atom is -0.464 e. The van der Waals surface area contributed by atoms with Gasteiger partial charge in [-0.1, -0.05) is 47.6 Å². The van der Waals surface area contributed by atoms with Crippen LogP contribution >= 0.6 is 0 Å². The lowest BCUT2D eigenvalue weighted by molar-refractivity contribution is -0.384. The van der Waals surface area contributed by atoms with Crippen molar-refractivity contribution in [2.24, 2.45) is 0 Å². The van der Waals surface area contributed by atoms with Crippen molar-refractivity contribution in [3.8, 4) is 0 Å². The van der Waals surface area contributed by atoms with Crippen LogP contribution in [0, 0.1) is 10.1 Å². The van der Waals surface area contributed by atoms with Crippen molar-refractivity contribution in [1.82, 2.24) is 20.2 Å². The molecule has 0 amide bonds. The standard InChI is InChI=1S/C19H14N6O5/c1-30-18(27)15-14(17(26)12-8-5-9-13(10-12)25(28)29)16(11-6-3-2-4-7-11)24-19(20-15)21-22-23-24/h2-10,16H,1H3,(H,20,21,23)/t16-/m0/s1. The fourth-order valence-electron chi connectivity index (χ4n) is 3.25. The quantitative estimate of drug-likeness (QED) is 0.291. The number of nitro benzene ring substituents is 1. The Bertz CT molecular complexity index is 1190. The zero-order chi connectivity index (χ0) is 21.3. The highest BCUT2D eigenvalue weighted by atomic mass is 16.6. The minimum atomic E-state index is -0.849. The van der Waals surface area contributed by atoms with E-state index in [-0.39, 0.29) is 28.5 Å². The Hall–Kier alpha value is -4.41. The van der Waals surface area contributed by atoms with Crippen LogP contribution in [0.3, 0.4) is 0 Å². The van der Waals surface area contributed by atoms with E-state index in [1.54, 1.807) is 30.3 Å². The smallest absolute Gasteiger partial charge is 0.355 e. The second-order valence-corrected chi connectivity index (χ2v) is 6.30. The van der Waals surface area contributed by atoms with Gasteiger partial charge in [0.15, 0.2) is 5.78 Å². The number of carbonyl (C=O) groups excluding carboxylic acids is 2. The molecule has 1 atom stereocenters. The largest absolute Gasteiger partial charge is 0.464 e. The third kappa shape index (κ3) is 3.17. The number of esters is 1. The molecule has 0 saturated carbocycles. The first-order chi connectivity index (χ1) is 14.5. The summed E-state index contributed by atoms with van der Waals surface area (Å²) in [7, 11) is 1.18. The summed E-state index contributed by atoms with van der Waals surface area (Å²) in [6.45, 7) is 0. The predicted octanol–water partition coefficient (Wildman–Crippen LogP) is 1.91. The van der Waals surface area contributed by atoms with Crippen LogP contribution in [0.1, 0.15) is 22.0 Å². The maximum atomic E-state index is 13.5. The molecule has 0 bridgehead atoms. The fourth-order valence-corrected chi connectivity index (χ4v) is 3.25. The van der Waals surface area contributed by atoms with Crippen molar-refractivity contribution >= 4 is 23.4 Å². The van der Waals surface area contributed by atoms with E-state index in [0.29, 0.717) is 5.56 Å². The number of anilines is 1. The number of fused-ring (bicyclic) bond motifs is 1. The summed E-state index contributed by atoms with van der Waals surface area (Å²) in [6, 6.07) is 13.3. The number of hydrogen-bond donors (Lipinski definition) is 1. The highest BCUT2D eigenvalue weighted by Crippen LogP contribution is 2.36. The topological polar surface area (TPSA) is 142 Å². The summed E-state index contributed by atoms with van der Waals surface area (Å²) in [4.78, 5) is 36.6. The van der Waals surface area contributed by atoms with Gasteiger partial charge in [-0.15, -0.1) is 0 Å². The van der Waals surface area contributed by atoms with E-state index >= 15 is 0 Å². The van der Waals surface area contributed by atoms with Crippen molar-refractivity contribution < 1.29 is 19.2 Å². The summed E-state index contributed by atoms with van der Waals surface area (Å²) >= 11 is 0. The van der Waals surface area contributed by atoms with Crippen LogP contribution in [-0.4, -0.2) is 44.0 Å². The molecule has 0 saturated heterocycles. The molecule has 30 heavy (non-hydrogen) atoms. The Balaban J connectivity index is 1.94. The molecule has 0 aliphatic carbocycles. The molecule has 1 aliphatic rings. The molecule has 11 heteroatoms. The van der Waals surface area contributed by atoms with E-state index < -0.39 is 22.7 Å². The number of tetrazole rings is 1. The van der Waals surface area contributed by atoms with Crippen LogP contribution < -0.4 is 5.32 Å². The second kappa shape index (κ2) is 7.54. The number of nitrogens with zero attached hydrogens (tertiary/aromatic N) is 5. The lowest BCUT2D eigenvalue weighted by Crippen LogP contribution is -2.32. The first-order valence-electron chi connectivity index (χ1n) is 8.72. The van der Waals surface area contributed by atoms with Crippen LogP contribution in [0.15, 0.2) is 65.9 Å². The van der Waals surface area contributed by atoms with Crippen molar-refractivity contribution in [2.75, 3.05) is 12.4 Å². The Morgan fingerprint density at radius 3 is 2.63 bits per heavy atom. The van der Waals surface area contributed by atoms with Crippen LogP contribution in [0.2, 0.25) is 0 Å². The summed E-state index contributed by atoms with van der Waals surface area (Å²) in [5.41, 5.74) is 0.310. The third-order valence-corrected chi connectivity index (χ3v) is 4.59. The number of methoxy groups -OCH3 is 1. The van der Waals surface area contributed by atoms with E-state index in [2.05, 4.69) is 20.8 Å². The zero-order valence-corrected chi connectivity index (χ0v) is 15.6. The van der Waals surface area contributed by atoms with Crippen LogP contribution in [0.4, 0.5) is 11.6 Å². The molecular formula is C19H14N6O5. The number of ketones is 1. The number of nitro groups is 1. The van der Waals surface area contributed by atoms with Gasteiger partial charge >= 0.3 is 5.97 Å². The van der Waals surface area contributed by atoms with E-state index in [1.807, 2.05) is 0 Å². The average Bonchev–Trinajstić information content (AvgIpc) is 3.25. The summed E-state index contributed by atoms with van der Waals surface area (Å²) in [5, 5.41) is 25.3. The number of allylic oxidation sites excluding steroid dienone is 1. The predicted molar refractivity (Wildman–Crippen MR) is 102 cm³/mol. The van der Waals surface area contributed by atoms with E-state index in [4.69, 9.17) is 4.74 Å². The number of carbonyl (C=O) groups is 2. The van der Waals surface area contributed by atoms with Crippen molar-refractivity contribution in [3.05, 3.63) is 87.1 Å². The fraction of sp³-hybridized carbons (Fsp3) is 0.105. The molecule has 11 nitrogen and oxygen atoms in total. The molecule has 0 radical (unpaired) electrons. The average molecular weight is 406 g/mol. The number of nitrogens with one attached hydrogen (secondary N) is 1. The number of aromatic nitrogens is 4. The van der Waals surface area contributed by atoms with Gasteiger partial charge in [0.1, 0.15) is 11.7 Å². The molecule has 1 aliphatic heterocycles. The van der Waals surface area contributed by atoms with Gasteiger partial charge in [-0.2, -0.15) is 4.68 Å². The van der Waals surface area contributed by atoms with E-state index in [9.17, 15) is 19.7 Å². The van der Waals surface area contributed by atoms with Gasteiger partial charge in [-0.05, 0) is 16.0 Å². The van der Waals surface area contributed by atoms with Crippen molar-refractivity contribution in [1.29, 1.82) is 0 Å². The van der Waals surface area contributed by atoms with E-state index in [0.717, 1.165) is 6.07 Å². The summed E-state index contributed by atoms with van der Waals surface area (Å²) in [5.74, 6) is -1.24.